The third kappa shape index (κ3) is 2.74. The fourth-order valence-corrected chi connectivity index (χ4v) is 2.51. The van der Waals surface area contributed by atoms with Crippen LogP contribution in [0.25, 0.3) is 0 Å². The lowest BCUT2D eigenvalue weighted by Crippen LogP contribution is -2.49. The van der Waals surface area contributed by atoms with Gasteiger partial charge < -0.3 is 15.4 Å². The predicted octanol–water partition coefficient (Wildman–Crippen LogP) is 0.814. The van der Waals surface area contributed by atoms with Gasteiger partial charge in [-0.1, -0.05) is 0 Å². The van der Waals surface area contributed by atoms with Gasteiger partial charge in [-0.05, 0) is 38.6 Å². The van der Waals surface area contributed by atoms with Gasteiger partial charge >= 0.3 is 0 Å². The quantitative estimate of drug-likeness (QED) is 0.729. The predicted molar refractivity (Wildman–Crippen MR) is 62.2 cm³/mol. The maximum Gasteiger partial charge on any atom is 0.221 e. The number of amides is 1. The highest BCUT2D eigenvalue weighted by Gasteiger charge is 2.37. The third-order valence-corrected chi connectivity index (χ3v) is 3.90. The van der Waals surface area contributed by atoms with Gasteiger partial charge in [0.05, 0.1) is 5.60 Å². The van der Waals surface area contributed by atoms with Gasteiger partial charge in [0.25, 0.3) is 0 Å². The molecule has 1 aliphatic carbocycles. The van der Waals surface area contributed by atoms with Crippen molar-refractivity contribution < 1.29 is 9.53 Å². The highest BCUT2D eigenvalue weighted by molar-refractivity contribution is 5.76. The first-order valence-electron chi connectivity index (χ1n) is 6.29. The number of rotatable bonds is 5. The summed E-state index contributed by atoms with van der Waals surface area (Å²) in [6.07, 6.45) is 6.30. The Kier molecular flexibility index (Phi) is 3.82. The molecule has 2 N–H and O–H groups in total. The molecular weight excluding hydrogens is 204 g/mol. The highest BCUT2D eigenvalue weighted by Crippen LogP contribution is 2.34. The molecule has 2 rings (SSSR count). The minimum atomic E-state index is -0.0568. The molecule has 0 spiro atoms. The number of carbonyl (C=O) groups is 1. The fraction of sp³-hybridized carbons (Fsp3) is 0.917. The minimum absolute atomic E-state index is 0.0568. The molecule has 0 bridgehead atoms. The van der Waals surface area contributed by atoms with Crippen molar-refractivity contribution in [2.24, 2.45) is 0 Å². The molecule has 4 nitrogen and oxygen atoms in total. The lowest BCUT2D eigenvalue weighted by molar-refractivity contribution is -0.125. The van der Waals surface area contributed by atoms with E-state index in [1.807, 2.05) is 0 Å². The summed E-state index contributed by atoms with van der Waals surface area (Å²) in [6, 6.07) is 0.389. The van der Waals surface area contributed by atoms with E-state index in [0.29, 0.717) is 19.0 Å². The number of ether oxygens (including phenoxy) is 1. The first-order chi connectivity index (χ1) is 7.74. The van der Waals surface area contributed by atoms with Gasteiger partial charge in [-0.3, -0.25) is 4.79 Å². The van der Waals surface area contributed by atoms with E-state index in [-0.39, 0.29) is 11.5 Å². The van der Waals surface area contributed by atoms with Crippen LogP contribution < -0.4 is 10.6 Å². The summed E-state index contributed by atoms with van der Waals surface area (Å²) in [5, 5.41) is 6.33. The highest BCUT2D eigenvalue weighted by atomic mass is 16.5. The van der Waals surface area contributed by atoms with Crippen molar-refractivity contribution >= 4 is 5.91 Å². The average Bonchev–Trinajstić information content (AvgIpc) is 2.69. The Morgan fingerprint density at radius 1 is 1.50 bits per heavy atom. The SMILES string of the molecule is COC1(CNC(=O)CC2CCCN2)CCC1. The van der Waals surface area contributed by atoms with Crippen LogP contribution in [-0.4, -0.2) is 37.7 Å². The average molecular weight is 226 g/mol. The number of carbonyl (C=O) groups excluding carboxylic acids is 1. The Hall–Kier alpha value is -0.610. The van der Waals surface area contributed by atoms with E-state index in [9.17, 15) is 4.79 Å². The molecule has 2 aliphatic rings. The van der Waals surface area contributed by atoms with Crippen molar-refractivity contribution in [1.29, 1.82) is 0 Å². The summed E-state index contributed by atoms with van der Waals surface area (Å²) in [5.41, 5.74) is -0.0568. The minimum Gasteiger partial charge on any atom is -0.376 e. The van der Waals surface area contributed by atoms with Crippen LogP contribution in [-0.2, 0) is 9.53 Å². The molecule has 0 aromatic rings. The molecule has 16 heavy (non-hydrogen) atoms. The van der Waals surface area contributed by atoms with E-state index in [1.54, 1.807) is 7.11 Å². The Balaban J connectivity index is 1.66. The van der Waals surface area contributed by atoms with E-state index >= 15 is 0 Å². The van der Waals surface area contributed by atoms with Gasteiger partial charge in [-0.15, -0.1) is 0 Å². The number of nitrogens with one attached hydrogen (secondary N) is 2. The standard InChI is InChI=1S/C12H22N2O2/c1-16-12(5-3-6-12)9-14-11(15)8-10-4-2-7-13-10/h10,13H,2-9H2,1H3,(H,14,15). The Bertz CT molecular complexity index is 240. The zero-order valence-electron chi connectivity index (χ0n) is 10.1. The van der Waals surface area contributed by atoms with Gasteiger partial charge in [0.1, 0.15) is 0 Å². The molecule has 4 heteroatoms. The topological polar surface area (TPSA) is 50.4 Å². The van der Waals surface area contributed by atoms with Crippen LogP contribution in [0.5, 0.6) is 0 Å². The molecular formula is C12H22N2O2. The molecule has 1 saturated carbocycles. The normalized spacial score (nSPS) is 27.4. The van der Waals surface area contributed by atoms with Crippen molar-refractivity contribution in [2.75, 3.05) is 20.2 Å². The van der Waals surface area contributed by atoms with Crippen molar-refractivity contribution in [3.63, 3.8) is 0 Å². The first-order valence-corrected chi connectivity index (χ1v) is 6.29. The monoisotopic (exact) mass is 226 g/mol. The molecule has 0 radical (unpaired) electrons. The van der Waals surface area contributed by atoms with Crippen LogP contribution in [0.1, 0.15) is 38.5 Å². The Morgan fingerprint density at radius 2 is 2.31 bits per heavy atom. The van der Waals surface area contributed by atoms with Crippen LogP contribution in [0.3, 0.4) is 0 Å². The van der Waals surface area contributed by atoms with E-state index < -0.39 is 0 Å². The molecule has 1 heterocycles. The van der Waals surface area contributed by atoms with Crippen LogP contribution in [0.2, 0.25) is 0 Å². The third-order valence-electron chi connectivity index (χ3n) is 3.90. The van der Waals surface area contributed by atoms with Crippen molar-refractivity contribution in [3.8, 4) is 0 Å². The Morgan fingerprint density at radius 3 is 2.81 bits per heavy atom. The van der Waals surface area contributed by atoms with Gasteiger partial charge in [0.15, 0.2) is 0 Å². The second-order valence-electron chi connectivity index (χ2n) is 5.01. The van der Waals surface area contributed by atoms with Gasteiger partial charge in [-0.25, -0.2) is 0 Å². The maximum absolute atomic E-state index is 11.7. The van der Waals surface area contributed by atoms with Gasteiger partial charge in [0.2, 0.25) is 5.91 Å². The molecule has 1 saturated heterocycles. The lowest BCUT2D eigenvalue weighted by atomic mass is 9.80. The summed E-state index contributed by atoms with van der Waals surface area (Å²) in [4.78, 5) is 11.7. The van der Waals surface area contributed by atoms with E-state index in [2.05, 4.69) is 10.6 Å². The summed E-state index contributed by atoms with van der Waals surface area (Å²) in [5.74, 6) is 0.155. The van der Waals surface area contributed by atoms with Crippen LogP contribution in [0.4, 0.5) is 0 Å². The van der Waals surface area contributed by atoms with Crippen molar-refractivity contribution in [2.45, 2.75) is 50.2 Å². The summed E-state index contributed by atoms with van der Waals surface area (Å²) in [7, 11) is 1.74. The molecule has 1 unspecified atom stereocenters. The molecule has 2 fully saturated rings. The zero-order chi connectivity index (χ0) is 11.4. The largest absolute Gasteiger partial charge is 0.376 e. The maximum atomic E-state index is 11.7. The number of hydrogen-bond acceptors (Lipinski definition) is 3. The molecule has 0 aromatic heterocycles. The van der Waals surface area contributed by atoms with Crippen LogP contribution >= 0.6 is 0 Å². The van der Waals surface area contributed by atoms with E-state index in [4.69, 9.17) is 4.74 Å². The van der Waals surface area contributed by atoms with Crippen LogP contribution in [0, 0.1) is 0 Å². The van der Waals surface area contributed by atoms with E-state index in [1.165, 1.54) is 12.8 Å². The molecule has 0 aromatic carbocycles. The molecule has 92 valence electrons. The van der Waals surface area contributed by atoms with Gasteiger partial charge in [-0.2, -0.15) is 0 Å². The summed E-state index contributed by atoms with van der Waals surface area (Å²) < 4.78 is 5.46. The molecule has 1 amide bonds. The molecule has 1 aliphatic heterocycles. The fourth-order valence-electron chi connectivity index (χ4n) is 2.51. The first kappa shape index (κ1) is 11.9. The summed E-state index contributed by atoms with van der Waals surface area (Å²) in [6.45, 7) is 1.73. The Labute approximate surface area is 97.1 Å². The van der Waals surface area contributed by atoms with Crippen LogP contribution in [0.15, 0.2) is 0 Å². The van der Waals surface area contributed by atoms with E-state index in [0.717, 1.165) is 25.8 Å². The molecule has 1 atom stereocenters. The van der Waals surface area contributed by atoms with Gasteiger partial charge in [0, 0.05) is 26.1 Å². The lowest BCUT2D eigenvalue weighted by Gasteiger charge is -2.40. The smallest absolute Gasteiger partial charge is 0.221 e. The second-order valence-corrected chi connectivity index (χ2v) is 5.01. The zero-order valence-corrected chi connectivity index (χ0v) is 10.1. The number of hydrogen-bond donors (Lipinski definition) is 2. The number of methoxy groups -OCH3 is 1. The summed E-state index contributed by atoms with van der Waals surface area (Å²) >= 11 is 0. The second kappa shape index (κ2) is 5.15. The van der Waals surface area contributed by atoms with Crippen molar-refractivity contribution in [3.05, 3.63) is 0 Å². The van der Waals surface area contributed by atoms with Crippen molar-refractivity contribution in [1.82, 2.24) is 10.6 Å².